The Balaban J connectivity index is 2.64. The summed E-state index contributed by atoms with van der Waals surface area (Å²) in [7, 11) is 0. The monoisotopic (exact) mass is 290 g/mol. The molecule has 0 saturated carbocycles. The second kappa shape index (κ2) is 7.34. The first-order valence-electron chi connectivity index (χ1n) is 7.50. The summed E-state index contributed by atoms with van der Waals surface area (Å²) in [4.78, 5) is 13.7. The molecular formula is C15H28F2N2O. The molecule has 0 radical (unpaired) electrons. The second-order valence-electron chi connectivity index (χ2n) is 7.02. The third-order valence-corrected chi connectivity index (χ3v) is 3.65. The summed E-state index contributed by atoms with van der Waals surface area (Å²) in [6.07, 6.45) is 0.0163. The second-order valence-corrected chi connectivity index (χ2v) is 7.02. The van der Waals surface area contributed by atoms with E-state index in [2.05, 4.69) is 26.1 Å². The zero-order valence-corrected chi connectivity index (χ0v) is 13.1. The Kier molecular flexibility index (Phi) is 6.37. The molecule has 1 aliphatic rings. The zero-order chi connectivity index (χ0) is 15.3. The fraction of sp³-hybridized carbons (Fsp3) is 0.933. The largest absolute Gasteiger partial charge is 0.341 e. The fourth-order valence-electron chi connectivity index (χ4n) is 3.05. The van der Waals surface area contributed by atoms with Crippen LogP contribution >= 0.6 is 0 Å². The summed E-state index contributed by atoms with van der Waals surface area (Å²) in [6.45, 7) is 9.40. The van der Waals surface area contributed by atoms with Crippen LogP contribution in [-0.4, -0.2) is 42.9 Å². The number of amides is 1. The minimum atomic E-state index is -2.34. The van der Waals surface area contributed by atoms with Crippen LogP contribution in [-0.2, 0) is 4.79 Å². The Labute approximate surface area is 121 Å². The molecule has 5 heteroatoms. The third kappa shape index (κ3) is 6.16. The molecule has 1 amide bonds. The van der Waals surface area contributed by atoms with Crippen LogP contribution in [0.1, 0.15) is 47.0 Å². The van der Waals surface area contributed by atoms with Gasteiger partial charge in [-0.05, 0) is 24.2 Å². The van der Waals surface area contributed by atoms with Crippen molar-refractivity contribution in [1.82, 2.24) is 10.2 Å². The van der Waals surface area contributed by atoms with Crippen molar-refractivity contribution in [3.05, 3.63) is 0 Å². The lowest BCUT2D eigenvalue weighted by atomic mass is 9.80. The summed E-state index contributed by atoms with van der Waals surface area (Å²) < 4.78 is 24.7. The van der Waals surface area contributed by atoms with Gasteiger partial charge in [0, 0.05) is 25.6 Å². The average Bonchev–Trinajstić information content (AvgIpc) is 2.33. The van der Waals surface area contributed by atoms with Crippen molar-refractivity contribution in [3.8, 4) is 0 Å². The highest BCUT2D eigenvalue weighted by Crippen LogP contribution is 2.30. The van der Waals surface area contributed by atoms with Gasteiger partial charge < -0.3 is 10.2 Å². The van der Waals surface area contributed by atoms with E-state index < -0.39 is 6.43 Å². The topological polar surface area (TPSA) is 32.3 Å². The van der Waals surface area contributed by atoms with E-state index in [0.29, 0.717) is 18.9 Å². The van der Waals surface area contributed by atoms with Gasteiger partial charge in [-0.1, -0.05) is 27.7 Å². The maximum atomic E-state index is 12.3. The number of rotatable bonds is 5. The molecule has 0 aromatic heterocycles. The summed E-state index contributed by atoms with van der Waals surface area (Å²) in [5, 5.41) is 2.90. The molecule has 0 aliphatic carbocycles. The summed E-state index contributed by atoms with van der Waals surface area (Å²) >= 11 is 0. The molecule has 1 aliphatic heterocycles. The van der Waals surface area contributed by atoms with Gasteiger partial charge in [0.15, 0.2) is 0 Å². The van der Waals surface area contributed by atoms with E-state index in [1.807, 2.05) is 11.8 Å². The van der Waals surface area contributed by atoms with E-state index in [9.17, 15) is 13.6 Å². The standard InChI is InChI=1S/C15H28F2N2O/c1-5-14(20)19-9-11(7-15(2,3)4)6-12(10-19)18-8-13(16)17/h11-13,18H,5-10H2,1-4H3. The average molecular weight is 290 g/mol. The molecule has 1 heterocycles. The Morgan fingerprint density at radius 2 is 2.00 bits per heavy atom. The predicted molar refractivity (Wildman–Crippen MR) is 76.8 cm³/mol. The quantitative estimate of drug-likeness (QED) is 0.844. The minimum Gasteiger partial charge on any atom is -0.341 e. The van der Waals surface area contributed by atoms with Gasteiger partial charge in [-0.2, -0.15) is 0 Å². The van der Waals surface area contributed by atoms with Crippen molar-refractivity contribution < 1.29 is 13.6 Å². The van der Waals surface area contributed by atoms with Crippen LogP contribution < -0.4 is 5.32 Å². The molecule has 2 unspecified atom stereocenters. The van der Waals surface area contributed by atoms with Crippen molar-refractivity contribution >= 4 is 5.91 Å². The molecule has 1 fully saturated rings. The van der Waals surface area contributed by atoms with Gasteiger partial charge >= 0.3 is 0 Å². The van der Waals surface area contributed by atoms with Crippen molar-refractivity contribution in [2.75, 3.05) is 19.6 Å². The molecule has 1 saturated heterocycles. The highest BCUT2D eigenvalue weighted by Gasteiger charge is 2.31. The highest BCUT2D eigenvalue weighted by atomic mass is 19.3. The van der Waals surface area contributed by atoms with Crippen molar-refractivity contribution in [1.29, 1.82) is 0 Å². The van der Waals surface area contributed by atoms with Gasteiger partial charge in [-0.3, -0.25) is 4.79 Å². The number of alkyl halides is 2. The summed E-state index contributed by atoms with van der Waals surface area (Å²) in [6, 6.07) is -0.0133. The molecule has 0 bridgehead atoms. The first-order valence-corrected chi connectivity index (χ1v) is 7.50. The van der Waals surface area contributed by atoms with Crippen LogP contribution in [0.5, 0.6) is 0 Å². The van der Waals surface area contributed by atoms with Gasteiger partial charge in [0.05, 0.1) is 6.54 Å². The van der Waals surface area contributed by atoms with E-state index in [0.717, 1.165) is 19.4 Å². The molecule has 1 rings (SSSR count). The number of carbonyl (C=O) groups is 1. The normalized spacial score (nSPS) is 24.2. The Bertz CT molecular complexity index is 315. The summed E-state index contributed by atoms with van der Waals surface area (Å²) in [5.41, 5.74) is 0.191. The molecule has 3 nitrogen and oxygen atoms in total. The maximum Gasteiger partial charge on any atom is 0.250 e. The van der Waals surface area contributed by atoms with Crippen LogP contribution in [0.2, 0.25) is 0 Å². The Morgan fingerprint density at radius 3 is 2.50 bits per heavy atom. The Morgan fingerprint density at radius 1 is 1.35 bits per heavy atom. The predicted octanol–water partition coefficient (Wildman–Crippen LogP) is 2.90. The highest BCUT2D eigenvalue weighted by molar-refractivity contribution is 5.76. The lowest BCUT2D eigenvalue weighted by molar-refractivity contribution is -0.133. The lowest BCUT2D eigenvalue weighted by Crippen LogP contribution is -2.52. The van der Waals surface area contributed by atoms with Gasteiger partial charge in [0.25, 0.3) is 6.43 Å². The number of nitrogens with zero attached hydrogens (tertiary/aromatic N) is 1. The zero-order valence-electron chi connectivity index (χ0n) is 13.1. The van der Waals surface area contributed by atoms with Crippen LogP contribution in [0.3, 0.4) is 0 Å². The number of carbonyl (C=O) groups excluding carboxylic acids is 1. The van der Waals surface area contributed by atoms with Gasteiger partial charge in [0.2, 0.25) is 5.91 Å². The first kappa shape index (κ1) is 17.3. The van der Waals surface area contributed by atoms with Crippen molar-refractivity contribution in [2.45, 2.75) is 59.4 Å². The number of halogens is 2. The molecule has 0 aromatic carbocycles. The molecule has 2 atom stereocenters. The fourth-order valence-corrected chi connectivity index (χ4v) is 3.05. The smallest absolute Gasteiger partial charge is 0.250 e. The van der Waals surface area contributed by atoms with Crippen molar-refractivity contribution in [2.24, 2.45) is 11.3 Å². The number of hydrogen-bond acceptors (Lipinski definition) is 2. The third-order valence-electron chi connectivity index (χ3n) is 3.65. The Hall–Kier alpha value is -0.710. The van der Waals surface area contributed by atoms with E-state index >= 15 is 0 Å². The maximum absolute atomic E-state index is 12.3. The molecule has 0 aromatic rings. The number of nitrogens with one attached hydrogen (secondary N) is 1. The SMILES string of the molecule is CCC(=O)N1CC(CC(C)(C)C)CC(NCC(F)F)C1. The molecule has 20 heavy (non-hydrogen) atoms. The van der Waals surface area contributed by atoms with E-state index in [1.165, 1.54) is 0 Å². The molecular weight excluding hydrogens is 262 g/mol. The minimum absolute atomic E-state index is 0.0133. The van der Waals surface area contributed by atoms with Crippen LogP contribution in [0, 0.1) is 11.3 Å². The number of likely N-dealkylation sites (tertiary alicyclic amines) is 1. The van der Waals surface area contributed by atoms with Crippen LogP contribution in [0.25, 0.3) is 0 Å². The number of hydrogen-bond donors (Lipinski definition) is 1. The molecule has 118 valence electrons. The number of piperidine rings is 1. The van der Waals surface area contributed by atoms with Crippen molar-refractivity contribution in [3.63, 3.8) is 0 Å². The first-order chi connectivity index (χ1) is 9.21. The molecule has 1 N–H and O–H groups in total. The van der Waals surface area contributed by atoms with Gasteiger partial charge in [0.1, 0.15) is 0 Å². The van der Waals surface area contributed by atoms with E-state index in [4.69, 9.17) is 0 Å². The van der Waals surface area contributed by atoms with Crippen LogP contribution in [0.15, 0.2) is 0 Å². The lowest BCUT2D eigenvalue weighted by Gasteiger charge is -2.40. The van der Waals surface area contributed by atoms with Gasteiger partial charge in [-0.25, -0.2) is 8.78 Å². The summed E-state index contributed by atoms with van der Waals surface area (Å²) in [5.74, 6) is 0.502. The van der Waals surface area contributed by atoms with Gasteiger partial charge in [-0.15, -0.1) is 0 Å². The molecule has 0 spiro atoms. The van der Waals surface area contributed by atoms with Crippen LogP contribution in [0.4, 0.5) is 8.78 Å². The van der Waals surface area contributed by atoms with E-state index in [1.54, 1.807) is 0 Å². The van der Waals surface area contributed by atoms with E-state index in [-0.39, 0.29) is 23.9 Å².